The maximum Gasteiger partial charge on any atom is 0.229 e. The zero-order valence-electron chi connectivity index (χ0n) is 15.2. The number of nitriles is 1. The van der Waals surface area contributed by atoms with Gasteiger partial charge in [0.15, 0.2) is 0 Å². The molecule has 142 valence electrons. The molecular formula is C21H17Cl2N3OS. The second kappa shape index (κ2) is 7.71. The van der Waals surface area contributed by atoms with Gasteiger partial charge in [-0.15, -0.1) is 0 Å². The predicted octanol–water partition coefficient (Wildman–Crippen LogP) is 5.52. The van der Waals surface area contributed by atoms with Gasteiger partial charge in [-0.1, -0.05) is 58.7 Å². The van der Waals surface area contributed by atoms with Crippen molar-refractivity contribution in [3.05, 3.63) is 74.2 Å². The van der Waals surface area contributed by atoms with E-state index in [0.29, 0.717) is 38.8 Å². The summed E-state index contributed by atoms with van der Waals surface area (Å²) in [6.07, 6.45) is 0.179. The summed E-state index contributed by atoms with van der Waals surface area (Å²) in [4.78, 5) is 16.8. The SMILES string of the molecule is Cc1ccc(N2CSC3=C(C#N)[C@H](c4c(Cl)cccc4Cl)CC(=O)N3C2)cc1. The summed E-state index contributed by atoms with van der Waals surface area (Å²) < 4.78 is 0. The number of hydrogen-bond donors (Lipinski definition) is 0. The van der Waals surface area contributed by atoms with Gasteiger partial charge in [0.05, 0.1) is 29.2 Å². The fourth-order valence-electron chi connectivity index (χ4n) is 3.57. The van der Waals surface area contributed by atoms with Crippen LogP contribution in [-0.2, 0) is 4.79 Å². The second-order valence-electron chi connectivity index (χ2n) is 6.83. The molecule has 1 saturated heterocycles. The van der Waals surface area contributed by atoms with Crippen LogP contribution in [0.15, 0.2) is 53.1 Å². The normalized spacial score (nSPS) is 19.5. The standard InChI is InChI=1S/C21H17Cl2N3OS/c1-13-5-7-14(8-6-13)25-11-26-19(27)9-15(16(10-24)21(26)28-12-25)20-17(22)3-2-4-18(20)23/h2-8,15H,9,11-12H2,1H3/t15-/m1/s1. The number of fused-ring (bicyclic) bond motifs is 1. The smallest absolute Gasteiger partial charge is 0.229 e. The molecule has 4 nitrogen and oxygen atoms in total. The minimum absolute atomic E-state index is 0.0284. The number of halogens is 2. The number of carbonyl (C=O) groups excluding carboxylic acids is 1. The monoisotopic (exact) mass is 429 g/mol. The first-order valence-electron chi connectivity index (χ1n) is 8.82. The highest BCUT2D eigenvalue weighted by Crippen LogP contribution is 2.46. The Hall–Kier alpha value is -2.13. The third-order valence-corrected chi connectivity index (χ3v) is 6.85. The Balaban J connectivity index is 1.70. The van der Waals surface area contributed by atoms with Crippen molar-refractivity contribution in [3.63, 3.8) is 0 Å². The van der Waals surface area contributed by atoms with Gasteiger partial charge in [0.25, 0.3) is 0 Å². The summed E-state index contributed by atoms with van der Waals surface area (Å²) in [5, 5.41) is 11.6. The van der Waals surface area contributed by atoms with E-state index >= 15 is 0 Å². The highest BCUT2D eigenvalue weighted by molar-refractivity contribution is 8.03. The first-order valence-corrected chi connectivity index (χ1v) is 10.6. The van der Waals surface area contributed by atoms with E-state index in [-0.39, 0.29) is 12.3 Å². The molecule has 4 rings (SSSR count). The Morgan fingerprint density at radius 3 is 2.46 bits per heavy atom. The Labute approximate surface area is 178 Å². The molecule has 0 bridgehead atoms. The molecule has 0 radical (unpaired) electrons. The van der Waals surface area contributed by atoms with Gasteiger partial charge < -0.3 is 4.90 Å². The van der Waals surface area contributed by atoms with Gasteiger partial charge in [-0.3, -0.25) is 9.69 Å². The number of allylic oxidation sites excluding steroid dienone is 1. The average molecular weight is 430 g/mol. The number of carbonyl (C=O) groups is 1. The molecule has 2 aromatic rings. The Kier molecular flexibility index (Phi) is 5.29. The summed E-state index contributed by atoms with van der Waals surface area (Å²) in [6.45, 7) is 2.47. The van der Waals surface area contributed by atoms with Crippen molar-refractivity contribution in [1.29, 1.82) is 5.26 Å². The lowest BCUT2D eigenvalue weighted by Crippen LogP contribution is -2.47. The van der Waals surface area contributed by atoms with Crippen LogP contribution >= 0.6 is 35.0 Å². The van der Waals surface area contributed by atoms with Gasteiger partial charge in [-0.05, 0) is 36.8 Å². The predicted molar refractivity (Wildman–Crippen MR) is 114 cm³/mol. The summed E-state index contributed by atoms with van der Waals surface area (Å²) in [5.74, 6) is 0.221. The van der Waals surface area contributed by atoms with E-state index in [2.05, 4.69) is 35.2 Å². The number of thioether (sulfide) groups is 1. The van der Waals surface area contributed by atoms with Gasteiger partial charge in [0.2, 0.25) is 5.91 Å². The van der Waals surface area contributed by atoms with Crippen molar-refractivity contribution in [1.82, 2.24) is 4.90 Å². The lowest BCUT2D eigenvalue weighted by molar-refractivity contribution is -0.129. The molecule has 2 aliphatic rings. The van der Waals surface area contributed by atoms with Crippen molar-refractivity contribution in [2.45, 2.75) is 19.3 Å². The van der Waals surface area contributed by atoms with Crippen LogP contribution in [0.1, 0.15) is 23.5 Å². The number of aryl methyl sites for hydroxylation is 1. The van der Waals surface area contributed by atoms with Crippen LogP contribution in [0.4, 0.5) is 5.69 Å². The molecule has 2 aliphatic heterocycles. The first kappa shape index (κ1) is 19.2. The topological polar surface area (TPSA) is 47.3 Å². The first-order chi connectivity index (χ1) is 13.5. The molecule has 1 fully saturated rings. The largest absolute Gasteiger partial charge is 0.344 e. The molecule has 0 N–H and O–H groups in total. The van der Waals surface area contributed by atoms with Crippen LogP contribution in [0, 0.1) is 18.3 Å². The average Bonchev–Trinajstić information content (AvgIpc) is 2.68. The van der Waals surface area contributed by atoms with Crippen molar-refractivity contribution < 1.29 is 4.79 Å². The number of nitrogens with zero attached hydrogens (tertiary/aromatic N) is 3. The van der Waals surface area contributed by atoms with Crippen LogP contribution in [0.5, 0.6) is 0 Å². The minimum Gasteiger partial charge on any atom is -0.344 e. The van der Waals surface area contributed by atoms with Gasteiger partial charge in [-0.25, -0.2) is 0 Å². The molecule has 0 unspecified atom stereocenters. The molecule has 0 spiro atoms. The van der Waals surface area contributed by atoms with Crippen LogP contribution in [0.25, 0.3) is 0 Å². The molecule has 1 amide bonds. The fraction of sp³-hybridized carbons (Fsp3) is 0.238. The quantitative estimate of drug-likeness (QED) is 0.630. The third kappa shape index (κ3) is 3.37. The number of rotatable bonds is 2. The molecule has 1 atom stereocenters. The van der Waals surface area contributed by atoms with Crippen molar-refractivity contribution in [2.75, 3.05) is 17.4 Å². The fourth-order valence-corrected chi connectivity index (χ4v) is 5.40. The van der Waals surface area contributed by atoms with E-state index in [1.165, 1.54) is 17.3 Å². The lowest BCUT2D eigenvalue weighted by Gasteiger charge is -2.42. The van der Waals surface area contributed by atoms with Crippen LogP contribution in [0.2, 0.25) is 10.0 Å². The Morgan fingerprint density at radius 2 is 1.82 bits per heavy atom. The van der Waals surface area contributed by atoms with E-state index < -0.39 is 5.92 Å². The van der Waals surface area contributed by atoms with E-state index in [4.69, 9.17) is 23.2 Å². The summed E-state index contributed by atoms with van der Waals surface area (Å²) in [6, 6.07) is 15.8. The highest BCUT2D eigenvalue weighted by atomic mass is 35.5. The highest BCUT2D eigenvalue weighted by Gasteiger charge is 2.39. The second-order valence-corrected chi connectivity index (χ2v) is 8.58. The molecule has 2 aromatic carbocycles. The maximum atomic E-state index is 13.0. The summed E-state index contributed by atoms with van der Waals surface area (Å²) in [5.41, 5.74) is 3.46. The van der Waals surface area contributed by atoms with E-state index in [1.54, 1.807) is 23.1 Å². The van der Waals surface area contributed by atoms with Gasteiger partial charge in [0, 0.05) is 28.1 Å². The summed E-state index contributed by atoms with van der Waals surface area (Å²) in [7, 11) is 0. The molecule has 2 heterocycles. The van der Waals surface area contributed by atoms with Crippen LogP contribution in [-0.4, -0.2) is 23.4 Å². The van der Waals surface area contributed by atoms with E-state index in [9.17, 15) is 10.1 Å². The van der Waals surface area contributed by atoms with E-state index in [1.807, 2.05) is 6.92 Å². The lowest BCUT2D eigenvalue weighted by atomic mass is 9.86. The molecule has 28 heavy (non-hydrogen) atoms. The third-order valence-electron chi connectivity index (χ3n) is 5.04. The van der Waals surface area contributed by atoms with Gasteiger partial charge >= 0.3 is 0 Å². The molecule has 0 aromatic heterocycles. The van der Waals surface area contributed by atoms with Crippen molar-refractivity contribution in [3.8, 4) is 6.07 Å². The Morgan fingerprint density at radius 1 is 1.14 bits per heavy atom. The van der Waals surface area contributed by atoms with Crippen LogP contribution < -0.4 is 4.90 Å². The van der Waals surface area contributed by atoms with E-state index in [0.717, 1.165) is 5.69 Å². The zero-order valence-corrected chi connectivity index (χ0v) is 17.5. The minimum atomic E-state index is -0.414. The number of benzene rings is 2. The number of anilines is 1. The van der Waals surface area contributed by atoms with Crippen molar-refractivity contribution >= 4 is 46.6 Å². The van der Waals surface area contributed by atoms with Crippen LogP contribution in [0.3, 0.4) is 0 Å². The Bertz CT molecular complexity index is 993. The zero-order chi connectivity index (χ0) is 19.8. The maximum absolute atomic E-state index is 13.0. The van der Waals surface area contributed by atoms with Crippen molar-refractivity contribution in [2.24, 2.45) is 0 Å². The molecular weight excluding hydrogens is 413 g/mol. The number of amides is 1. The molecule has 0 aliphatic carbocycles. The van der Waals surface area contributed by atoms with Gasteiger partial charge in [-0.2, -0.15) is 5.26 Å². The summed E-state index contributed by atoms with van der Waals surface area (Å²) >= 11 is 14.2. The number of hydrogen-bond acceptors (Lipinski definition) is 4. The molecule has 0 saturated carbocycles. The van der Waals surface area contributed by atoms with Gasteiger partial charge in [0.1, 0.15) is 0 Å². The molecule has 7 heteroatoms.